The molecule has 0 saturated heterocycles. The zero-order valence-corrected chi connectivity index (χ0v) is 9.44. The Bertz CT molecular complexity index is 234. The van der Waals surface area contributed by atoms with Gasteiger partial charge in [0.2, 0.25) is 5.91 Å². The zero-order chi connectivity index (χ0) is 10.9. The Morgan fingerprint density at radius 2 is 1.69 bits per heavy atom. The molecule has 0 aliphatic rings. The van der Waals surface area contributed by atoms with Crippen molar-refractivity contribution in [2.24, 2.45) is 11.1 Å². The van der Waals surface area contributed by atoms with Crippen LogP contribution in [0.2, 0.25) is 0 Å². The largest absolute Gasteiger partial charge is 0.368 e. The number of amides is 1. The fourth-order valence-electron chi connectivity index (χ4n) is 1.02. The number of rotatable bonds is 4. The summed E-state index contributed by atoms with van der Waals surface area (Å²) in [5.74, 6) is -0.577. The lowest BCUT2D eigenvalue weighted by molar-refractivity contribution is -0.134. The highest BCUT2D eigenvalue weighted by atomic mass is 32.1. The number of primary amides is 1. The first-order chi connectivity index (χ1) is 5.67. The van der Waals surface area contributed by atoms with Crippen molar-refractivity contribution in [2.75, 3.05) is 0 Å². The molecule has 3 nitrogen and oxygen atoms in total. The summed E-state index contributed by atoms with van der Waals surface area (Å²) in [5, 5.41) is 0. The Morgan fingerprint density at radius 1 is 1.31 bits per heavy atom. The van der Waals surface area contributed by atoms with Gasteiger partial charge in [-0.25, -0.2) is 0 Å². The van der Waals surface area contributed by atoms with Gasteiger partial charge in [0.15, 0.2) is 0 Å². The maximum Gasteiger partial charge on any atom is 0.234 e. The van der Waals surface area contributed by atoms with Gasteiger partial charge in [0, 0.05) is 11.8 Å². The third-order valence-corrected chi connectivity index (χ3v) is 3.49. The molecule has 0 heterocycles. The standard InChI is InChI=1S/C9H17NO2S/c1-5-6(11)8(2,3)9(4,13)7(10)12/h13H,5H2,1-4H3,(H2,10,12). The molecule has 0 aromatic rings. The van der Waals surface area contributed by atoms with Crippen LogP contribution in [0.4, 0.5) is 0 Å². The minimum atomic E-state index is -1.10. The summed E-state index contributed by atoms with van der Waals surface area (Å²) in [6, 6.07) is 0. The van der Waals surface area contributed by atoms with Gasteiger partial charge in [-0.15, -0.1) is 0 Å². The molecular formula is C9H17NO2S. The third kappa shape index (κ3) is 2.05. The highest BCUT2D eigenvalue weighted by molar-refractivity contribution is 7.82. The summed E-state index contributed by atoms with van der Waals surface area (Å²) in [6.07, 6.45) is 0.385. The number of ketones is 1. The molecule has 0 radical (unpaired) electrons. The third-order valence-electron chi connectivity index (χ3n) is 2.72. The van der Waals surface area contributed by atoms with Crippen molar-refractivity contribution in [1.82, 2.24) is 0 Å². The average Bonchev–Trinajstić information content (AvgIpc) is 2.02. The highest BCUT2D eigenvalue weighted by Crippen LogP contribution is 2.37. The van der Waals surface area contributed by atoms with Crippen molar-refractivity contribution in [1.29, 1.82) is 0 Å². The summed E-state index contributed by atoms with van der Waals surface area (Å²) < 4.78 is -1.10. The van der Waals surface area contributed by atoms with E-state index in [0.717, 1.165) is 0 Å². The normalized spacial score (nSPS) is 16.4. The van der Waals surface area contributed by atoms with Crippen LogP contribution in [0.5, 0.6) is 0 Å². The van der Waals surface area contributed by atoms with Crippen LogP contribution in [0.15, 0.2) is 0 Å². The predicted molar refractivity (Wildman–Crippen MR) is 55.7 cm³/mol. The van der Waals surface area contributed by atoms with Gasteiger partial charge >= 0.3 is 0 Å². The van der Waals surface area contributed by atoms with Gasteiger partial charge in [0.1, 0.15) is 10.5 Å². The van der Waals surface area contributed by atoms with Crippen molar-refractivity contribution >= 4 is 24.3 Å². The quantitative estimate of drug-likeness (QED) is 0.674. The van der Waals surface area contributed by atoms with Crippen LogP contribution in [-0.2, 0) is 9.59 Å². The average molecular weight is 203 g/mol. The van der Waals surface area contributed by atoms with Gasteiger partial charge in [-0.2, -0.15) is 12.6 Å². The number of hydrogen-bond donors (Lipinski definition) is 2. The maximum atomic E-state index is 11.5. The zero-order valence-electron chi connectivity index (χ0n) is 8.55. The molecule has 0 fully saturated rings. The van der Waals surface area contributed by atoms with Gasteiger partial charge in [0.05, 0.1) is 0 Å². The predicted octanol–water partition coefficient (Wildman–Crippen LogP) is 1.17. The van der Waals surface area contributed by atoms with Gasteiger partial charge in [-0.3, -0.25) is 9.59 Å². The summed E-state index contributed by atoms with van der Waals surface area (Å²) >= 11 is 4.16. The van der Waals surface area contributed by atoms with Crippen LogP contribution in [0, 0.1) is 5.41 Å². The van der Waals surface area contributed by atoms with E-state index in [1.54, 1.807) is 27.7 Å². The number of Topliss-reactive ketones (excluding diaryl/α,β-unsaturated/α-hetero) is 1. The Kier molecular flexibility index (Phi) is 3.55. The van der Waals surface area contributed by atoms with E-state index in [4.69, 9.17) is 5.73 Å². The molecule has 4 heteroatoms. The minimum absolute atomic E-state index is 0.0104. The van der Waals surface area contributed by atoms with E-state index in [0.29, 0.717) is 6.42 Å². The molecule has 0 aromatic carbocycles. The summed E-state index contributed by atoms with van der Waals surface area (Å²) in [7, 11) is 0. The fourth-order valence-corrected chi connectivity index (χ4v) is 1.15. The van der Waals surface area contributed by atoms with Crippen LogP contribution in [0.3, 0.4) is 0 Å². The summed E-state index contributed by atoms with van der Waals surface area (Å²) in [4.78, 5) is 22.6. The number of nitrogens with two attached hydrogens (primary N) is 1. The lowest BCUT2D eigenvalue weighted by atomic mass is 9.74. The van der Waals surface area contributed by atoms with Gasteiger partial charge in [-0.05, 0) is 6.92 Å². The van der Waals surface area contributed by atoms with Gasteiger partial charge < -0.3 is 5.73 Å². The van der Waals surface area contributed by atoms with Crippen LogP contribution in [0.25, 0.3) is 0 Å². The van der Waals surface area contributed by atoms with E-state index < -0.39 is 16.1 Å². The van der Waals surface area contributed by atoms with Crippen LogP contribution < -0.4 is 5.73 Å². The number of carbonyl (C=O) groups excluding carboxylic acids is 2. The lowest BCUT2D eigenvalue weighted by Crippen LogP contribution is -2.51. The molecule has 0 aliphatic carbocycles. The summed E-state index contributed by atoms with van der Waals surface area (Å²) in [6.45, 7) is 6.72. The molecule has 0 aliphatic heterocycles. The molecule has 2 N–H and O–H groups in total. The molecular weight excluding hydrogens is 186 g/mol. The molecule has 0 aromatic heterocycles. The van der Waals surface area contributed by atoms with Gasteiger partial charge in [-0.1, -0.05) is 20.8 Å². The molecule has 0 rings (SSSR count). The highest BCUT2D eigenvalue weighted by Gasteiger charge is 2.47. The van der Waals surface area contributed by atoms with Crippen molar-refractivity contribution < 1.29 is 9.59 Å². The lowest BCUT2D eigenvalue weighted by Gasteiger charge is -2.36. The Morgan fingerprint density at radius 3 is 1.92 bits per heavy atom. The van der Waals surface area contributed by atoms with Gasteiger partial charge in [0.25, 0.3) is 0 Å². The summed E-state index contributed by atoms with van der Waals surface area (Å²) in [5.41, 5.74) is 4.36. The van der Waals surface area contributed by atoms with E-state index in [1.807, 2.05) is 0 Å². The first-order valence-electron chi connectivity index (χ1n) is 4.23. The number of carbonyl (C=O) groups is 2. The topological polar surface area (TPSA) is 60.2 Å². The molecule has 0 spiro atoms. The Hall–Kier alpha value is -0.510. The second-order valence-electron chi connectivity index (χ2n) is 3.84. The first kappa shape index (κ1) is 12.5. The molecule has 76 valence electrons. The van der Waals surface area contributed by atoms with Crippen LogP contribution >= 0.6 is 12.6 Å². The van der Waals surface area contributed by atoms with E-state index in [9.17, 15) is 9.59 Å². The SMILES string of the molecule is CCC(=O)C(C)(C)C(C)(S)C(N)=O. The Labute approximate surface area is 84.5 Å². The van der Waals surface area contributed by atoms with Crippen molar-refractivity contribution in [3.05, 3.63) is 0 Å². The molecule has 0 saturated carbocycles. The molecule has 1 atom stereocenters. The first-order valence-corrected chi connectivity index (χ1v) is 4.68. The van der Waals surface area contributed by atoms with E-state index >= 15 is 0 Å². The van der Waals surface area contributed by atoms with Crippen LogP contribution in [0.1, 0.15) is 34.1 Å². The molecule has 1 amide bonds. The van der Waals surface area contributed by atoms with E-state index in [-0.39, 0.29) is 5.78 Å². The van der Waals surface area contributed by atoms with Crippen molar-refractivity contribution in [2.45, 2.75) is 38.9 Å². The smallest absolute Gasteiger partial charge is 0.234 e. The second-order valence-corrected chi connectivity index (χ2v) is 4.73. The van der Waals surface area contributed by atoms with Crippen molar-refractivity contribution in [3.8, 4) is 0 Å². The fraction of sp³-hybridized carbons (Fsp3) is 0.778. The number of hydrogen-bond acceptors (Lipinski definition) is 3. The van der Waals surface area contributed by atoms with E-state index in [2.05, 4.69) is 12.6 Å². The molecule has 0 bridgehead atoms. The maximum absolute atomic E-state index is 11.5. The monoisotopic (exact) mass is 203 g/mol. The number of thiol groups is 1. The minimum Gasteiger partial charge on any atom is -0.368 e. The van der Waals surface area contributed by atoms with Crippen molar-refractivity contribution in [3.63, 3.8) is 0 Å². The Balaban J connectivity index is 5.02. The second kappa shape index (κ2) is 3.70. The molecule has 1 unspecified atom stereocenters. The van der Waals surface area contributed by atoms with Crippen LogP contribution in [-0.4, -0.2) is 16.4 Å². The van der Waals surface area contributed by atoms with E-state index in [1.165, 1.54) is 0 Å². The molecule has 13 heavy (non-hydrogen) atoms.